The molecule has 0 amide bonds. The van der Waals surface area contributed by atoms with Gasteiger partial charge in [0.05, 0.1) is 16.4 Å². The first-order valence-electron chi connectivity index (χ1n) is 7.36. The van der Waals surface area contributed by atoms with Crippen molar-refractivity contribution in [1.82, 2.24) is 4.90 Å². The van der Waals surface area contributed by atoms with Gasteiger partial charge in [-0.2, -0.15) is 0 Å². The van der Waals surface area contributed by atoms with Crippen molar-refractivity contribution in [3.8, 4) is 0 Å². The van der Waals surface area contributed by atoms with Gasteiger partial charge in [0.25, 0.3) is 0 Å². The minimum absolute atomic E-state index is 0.229. The van der Waals surface area contributed by atoms with Crippen molar-refractivity contribution in [3.05, 3.63) is 46.8 Å². The Hall–Kier alpha value is -0.810. The molecule has 0 N–H and O–H groups in total. The van der Waals surface area contributed by atoms with Gasteiger partial charge in [0.15, 0.2) is 0 Å². The second-order valence-electron chi connectivity index (χ2n) is 6.09. The van der Waals surface area contributed by atoms with Gasteiger partial charge in [-0.05, 0) is 43.6 Å². The first kappa shape index (κ1) is 13.8. The minimum Gasteiger partial charge on any atom is -0.368 e. The number of hydrogen-bond donors (Lipinski definition) is 0. The van der Waals surface area contributed by atoms with Crippen LogP contribution in [0.3, 0.4) is 0 Å². The molecule has 1 fully saturated rings. The number of rotatable bonds is 2. The number of ether oxygens (including phenoxy) is 1. The third kappa shape index (κ3) is 2.44. The van der Waals surface area contributed by atoms with Gasteiger partial charge in [0, 0.05) is 22.9 Å². The molecule has 4 heteroatoms. The molecule has 110 valence electrons. The van der Waals surface area contributed by atoms with Gasteiger partial charge >= 0.3 is 0 Å². The molecule has 4 rings (SSSR count). The summed E-state index contributed by atoms with van der Waals surface area (Å²) in [6.45, 7) is 1.00. The Morgan fingerprint density at radius 1 is 1.19 bits per heavy atom. The summed E-state index contributed by atoms with van der Waals surface area (Å²) in [7, 11) is 4.24. The molecular weight excluding hydrogens is 298 g/mol. The van der Waals surface area contributed by atoms with E-state index in [0.717, 1.165) is 13.0 Å². The highest BCUT2D eigenvalue weighted by molar-refractivity contribution is 8.01. The van der Waals surface area contributed by atoms with E-state index in [4.69, 9.17) is 4.74 Å². The predicted octanol–water partition coefficient (Wildman–Crippen LogP) is 4.39. The standard InChI is InChI=1S/C17H19NOS2/c1-18(2)10-11-9-14-12-5-3-4-6-15(12)21-17-13(7-8-20-17)16(14)19-11/h3-8,11,14,16H,9-10H2,1-2H3/t11-,14+,16-/m0/s1. The van der Waals surface area contributed by atoms with Gasteiger partial charge in [-0.25, -0.2) is 0 Å². The first-order valence-corrected chi connectivity index (χ1v) is 9.06. The molecule has 2 aliphatic rings. The number of fused-ring (bicyclic) bond motifs is 5. The van der Waals surface area contributed by atoms with Crippen LogP contribution in [0, 0.1) is 0 Å². The molecule has 3 atom stereocenters. The molecule has 1 aromatic carbocycles. The Bertz CT molecular complexity index is 652. The minimum atomic E-state index is 0.229. The molecule has 21 heavy (non-hydrogen) atoms. The van der Waals surface area contributed by atoms with Crippen LogP contribution in [0.15, 0.2) is 44.8 Å². The zero-order valence-corrected chi connectivity index (χ0v) is 13.9. The Morgan fingerprint density at radius 3 is 2.90 bits per heavy atom. The van der Waals surface area contributed by atoms with Gasteiger partial charge in [-0.3, -0.25) is 0 Å². The largest absolute Gasteiger partial charge is 0.368 e. The molecule has 1 saturated heterocycles. The molecule has 2 aromatic rings. The Kier molecular flexibility index (Phi) is 3.58. The first-order chi connectivity index (χ1) is 10.2. The number of thiophene rings is 1. The maximum Gasteiger partial charge on any atom is 0.0918 e. The normalized spacial score (nSPS) is 27.1. The van der Waals surface area contributed by atoms with Gasteiger partial charge in [0.1, 0.15) is 0 Å². The number of hydrogen-bond acceptors (Lipinski definition) is 4. The number of likely N-dealkylation sites (N-methyl/N-ethyl adjacent to an activating group) is 1. The molecule has 0 bridgehead atoms. The van der Waals surface area contributed by atoms with Crippen LogP contribution in [0.1, 0.15) is 29.6 Å². The maximum absolute atomic E-state index is 6.45. The lowest BCUT2D eigenvalue weighted by atomic mass is 9.88. The van der Waals surface area contributed by atoms with Crippen molar-refractivity contribution in [3.63, 3.8) is 0 Å². The van der Waals surface area contributed by atoms with Crippen molar-refractivity contribution in [2.45, 2.75) is 33.7 Å². The molecule has 2 nitrogen and oxygen atoms in total. The molecule has 0 saturated carbocycles. The van der Waals surface area contributed by atoms with Crippen molar-refractivity contribution in [1.29, 1.82) is 0 Å². The molecule has 3 heterocycles. The summed E-state index contributed by atoms with van der Waals surface area (Å²) in [6.07, 6.45) is 1.68. The summed E-state index contributed by atoms with van der Waals surface area (Å²) in [5.74, 6) is 0.495. The van der Waals surface area contributed by atoms with E-state index in [-0.39, 0.29) is 6.10 Å². The van der Waals surface area contributed by atoms with E-state index in [2.05, 4.69) is 54.7 Å². The van der Waals surface area contributed by atoms with Crippen molar-refractivity contribution >= 4 is 23.1 Å². The lowest BCUT2D eigenvalue weighted by molar-refractivity contribution is 0.0264. The van der Waals surface area contributed by atoms with Crippen LogP contribution in [0.25, 0.3) is 0 Å². The Labute approximate surface area is 134 Å². The molecule has 0 radical (unpaired) electrons. The van der Waals surface area contributed by atoms with Gasteiger partial charge < -0.3 is 9.64 Å². The fourth-order valence-electron chi connectivity index (χ4n) is 3.45. The van der Waals surface area contributed by atoms with E-state index in [1.54, 1.807) is 0 Å². The fourth-order valence-corrected chi connectivity index (χ4v) is 5.72. The average Bonchev–Trinajstić information content (AvgIpc) is 3.03. The topological polar surface area (TPSA) is 12.5 Å². The van der Waals surface area contributed by atoms with E-state index in [9.17, 15) is 0 Å². The molecule has 0 aliphatic carbocycles. The Morgan fingerprint density at radius 2 is 2.05 bits per heavy atom. The van der Waals surface area contributed by atoms with Crippen LogP contribution in [0.2, 0.25) is 0 Å². The highest BCUT2D eigenvalue weighted by Crippen LogP contribution is 2.54. The van der Waals surface area contributed by atoms with E-state index >= 15 is 0 Å². The average molecular weight is 317 g/mol. The SMILES string of the molecule is CN(C)C[C@@H]1C[C@@H]2c3ccccc3Sc3sccc3[C@@H]2O1. The lowest BCUT2D eigenvalue weighted by Crippen LogP contribution is -2.25. The number of benzene rings is 1. The number of nitrogens with zero attached hydrogens (tertiary/aromatic N) is 1. The predicted molar refractivity (Wildman–Crippen MR) is 88.4 cm³/mol. The summed E-state index contributed by atoms with van der Waals surface area (Å²) < 4.78 is 7.85. The summed E-state index contributed by atoms with van der Waals surface area (Å²) in [6, 6.07) is 11.1. The van der Waals surface area contributed by atoms with Crippen molar-refractivity contribution in [2.24, 2.45) is 0 Å². The summed E-state index contributed by atoms with van der Waals surface area (Å²) in [5, 5.41) is 2.20. The zero-order valence-electron chi connectivity index (χ0n) is 12.3. The quantitative estimate of drug-likeness (QED) is 0.815. The summed E-state index contributed by atoms with van der Waals surface area (Å²) in [5.41, 5.74) is 2.87. The van der Waals surface area contributed by atoms with Crippen LogP contribution in [-0.2, 0) is 4.74 Å². The third-order valence-corrected chi connectivity index (χ3v) is 6.55. The highest BCUT2D eigenvalue weighted by atomic mass is 32.2. The van der Waals surface area contributed by atoms with E-state index < -0.39 is 0 Å². The second-order valence-corrected chi connectivity index (χ2v) is 8.31. The molecular formula is C17H19NOS2. The van der Waals surface area contributed by atoms with Crippen molar-refractivity contribution in [2.75, 3.05) is 20.6 Å². The highest BCUT2D eigenvalue weighted by Gasteiger charge is 2.41. The maximum atomic E-state index is 6.45. The monoisotopic (exact) mass is 317 g/mol. The van der Waals surface area contributed by atoms with Gasteiger partial charge in [-0.1, -0.05) is 30.0 Å². The molecule has 2 aliphatic heterocycles. The van der Waals surface area contributed by atoms with Crippen molar-refractivity contribution < 1.29 is 4.74 Å². The lowest BCUT2D eigenvalue weighted by Gasteiger charge is -2.18. The summed E-state index contributed by atoms with van der Waals surface area (Å²) >= 11 is 3.75. The Balaban J connectivity index is 1.76. The zero-order chi connectivity index (χ0) is 14.4. The summed E-state index contributed by atoms with van der Waals surface area (Å²) in [4.78, 5) is 3.63. The van der Waals surface area contributed by atoms with Crippen LogP contribution < -0.4 is 0 Å². The van der Waals surface area contributed by atoms with E-state index in [0.29, 0.717) is 12.0 Å². The van der Waals surface area contributed by atoms with Gasteiger partial charge in [0.2, 0.25) is 0 Å². The van der Waals surface area contributed by atoms with Crippen LogP contribution in [0.4, 0.5) is 0 Å². The molecule has 1 aromatic heterocycles. The van der Waals surface area contributed by atoms with Crippen LogP contribution in [-0.4, -0.2) is 31.6 Å². The van der Waals surface area contributed by atoms with E-state index in [1.807, 2.05) is 23.1 Å². The molecule has 0 spiro atoms. The van der Waals surface area contributed by atoms with Crippen LogP contribution >= 0.6 is 23.1 Å². The van der Waals surface area contributed by atoms with Crippen LogP contribution in [0.5, 0.6) is 0 Å². The molecule has 0 unspecified atom stereocenters. The second kappa shape index (κ2) is 5.43. The fraction of sp³-hybridized carbons (Fsp3) is 0.412. The van der Waals surface area contributed by atoms with E-state index in [1.165, 1.54) is 20.2 Å². The smallest absolute Gasteiger partial charge is 0.0918 e. The van der Waals surface area contributed by atoms with Gasteiger partial charge in [-0.15, -0.1) is 11.3 Å². The third-order valence-electron chi connectivity index (χ3n) is 4.28.